The molecule has 0 N–H and O–H groups in total. The average Bonchev–Trinajstić information content (AvgIpc) is 2.69. The molecular formula is C12H22OSi. The van der Waals surface area contributed by atoms with Crippen LogP contribution in [0.5, 0.6) is 0 Å². The molecule has 1 fully saturated rings. The second-order valence-electron chi connectivity index (χ2n) is 5.82. The second kappa shape index (κ2) is 3.21. The molecule has 2 aliphatic rings. The molecule has 0 spiro atoms. The lowest BCUT2D eigenvalue weighted by atomic mass is 10.1. The predicted molar refractivity (Wildman–Crippen MR) is 62.9 cm³/mol. The molecule has 1 nitrogen and oxygen atoms in total. The quantitative estimate of drug-likeness (QED) is 0.498. The molecule has 0 amide bonds. The first-order valence-corrected chi connectivity index (χ1v) is 9.22. The fourth-order valence-corrected chi connectivity index (χ4v) is 4.24. The fraction of sp³-hybridized carbons (Fsp3) is 0.833. The zero-order chi connectivity index (χ0) is 10.4. The first-order valence-electron chi connectivity index (χ1n) is 5.81. The van der Waals surface area contributed by atoms with E-state index in [-0.39, 0.29) is 5.60 Å². The Morgan fingerprint density at radius 3 is 2.79 bits per heavy atom. The summed E-state index contributed by atoms with van der Waals surface area (Å²) in [5.41, 5.74) is 1.71. The summed E-state index contributed by atoms with van der Waals surface area (Å²) in [7, 11) is -1.38. The van der Waals surface area contributed by atoms with Crippen LogP contribution in [-0.2, 0) is 4.43 Å². The minimum atomic E-state index is -1.38. The van der Waals surface area contributed by atoms with Gasteiger partial charge in [-0.3, -0.25) is 0 Å². The minimum absolute atomic E-state index is 0.195. The molecule has 0 aromatic heterocycles. The average molecular weight is 210 g/mol. The van der Waals surface area contributed by atoms with Gasteiger partial charge in [0.05, 0.1) is 5.60 Å². The lowest BCUT2D eigenvalue weighted by molar-refractivity contribution is 0.188. The van der Waals surface area contributed by atoms with Crippen LogP contribution in [0.15, 0.2) is 11.6 Å². The van der Waals surface area contributed by atoms with Gasteiger partial charge in [-0.2, -0.15) is 0 Å². The Labute approximate surface area is 88.7 Å². The normalized spacial score (nSPS) is 37.1. The van der Waals surface area contributed by atoms with E-state index < -0.39 is 8.32 Å². The summed E-state index contributed by atoms with van der Waals surface area (Å²) in [6.07, 6.45) is 7.70. The summed E-state index contributed by atoms with van der Waals surface area (Å²) < 4.78 is 6.40. The molecule has 14 heavy (non-hydrogen) atoms. The predicted octanol–water partition coefficient (Wildman–Crippen LogP) is 3.73. The summed E-state index contributed by atoms with van der Waals surface area (Å²) in [4.78, 5) is 0. The monoisotopic (exact) mass is 210 g/mol. The highest BCUT2D eigenvalue weighted by Gasteiger charge is 2.57. The molecule has 0 aromatic rings. The minimum Gasteiger partial charge on any atom is -0.408 e. The molecule has 2 aliphatic carbocycles. The van der Waals surface area contributed by atoms with Crippen molar-refractivity contribution in [1.29, 1.82) is 0 Å². The third-order valence-electron chi connectivity index (χ3n) is 3.41. The van der Waals surface area contributed by atoms with E-state index in [4.69, 9.17) is 4.43 Å². The smallest absolute Gasteiger partial charge is 0.184 e. The molecule has 2 rings (SSSR count). The van der Waals surface area contributed by atoms with Crippen molar-refractivity contribution in [2.45, 2.75) is 57.8 Å². The van der Waals surface area contributed by atoms with E-state index in [2.05, 4.69) is 32.6 Å². The van der Waals surface area contributed by atoms with Crippen molar-refractivity contribution in [3.05, 3.63) is 11.6 Å². The Morgan fingerprint density at radius 2 is 2.14 bits per heavy atom. The van der Waals surface area contributed by atoms with Gasteiger partial charge in [-0.1, -0.05) is 6.08 Å². The highest BCUT2D eigenvalue weighted by Crippen LogP contribution is 2.57. The number of hydrogen-bond acceptors (Lipinski definition) is 1. The van der Waals surface area contributed by atoms with Gasteiger partial charge < -0.3 is 4.43 Å². The standard InChI is InChI=1S/C12H22OSi/c1-10-7-5-6-8-11-9-12(10,11)13-14(2,3)4/h7,11H,5-6,8-9H2,1-4H3. The Balaban J connectivity index is 2.16. The Morgan fingerprint density at radius 1 is 1.43 bits per heavy atom. The van der Waals surface area contributed by atoms with Crippen LogP contribution >= 0.6 is 0 Å². The summed E-state index contributed by atoms with van der Waals surface area (Å²) in [6.45, 7) is 9.17. The second-order valence-corrected chi connectivity index (χ2v) is 10.3. The maximum Gasteiger partial charge on any atom is 0.184 e. The van der Waals surface area contributed by atoms with E-state index in [0.717, 1.165) is 5.92 Å². The summed E-state index contributed by atoms with van der Waals surface area (Å²) in [6, 6.07) is 0. The van der Waals surface area contributed by atoms with Crippen molar-refractivity contribution < 1.29 is 4.43 Å². The summed E-state index contributed by atoms with van der Waals surface area (Å²) in [5.74, 6) is 0.841. The summed E-state index contributed by atoms with van der Waals surface area (Å²) in [5, 5.41) is 0. The van der Waals surface area contributed by atoms with Crippen LogP contribution < -0.4 is 0 Å². The van der Waals surface area contributed by atoms with Crippen LogP contribution in [0.2, 0.25) is 19.6 Å². The van der Waals surface area contributed by atoms with Gasteiger partial charge in [0.25, 0.3) is 0 Å². The van der Waals surface area contributed by atoms with Crippen molar-refractivity contribution in [3.63, 3.8) is 0 Å². The van der Waals surface area contributed by atoms with Crippen molar-refractivity contribution in [3.8, 4) is 0 Å². The first-order chi connectivity index (χ1) is 6.44. The van der Waals surface area contributed by atoms with E-state index in [1.54, 1.807) is 0 Å². The fourth-order valence-electron chi connectivity index (χ4n) is 2.73. The van der Waals surface area contributed by atoms with Gasteiger partial charge in [0, 0.05) is 0 Å². The number of allylic oxidation sites excluding steroid dienone is 1. The SMILES string of the molecule is CC1=CCCCC2CC12O[Si](C)(C)C. The van der Waals surface area contributed by atoms with Gasteiger partial charge in [-0.25, -0.2) is 0 Å². The topological polar surface area (TPSA) is 9.23 Å². The molecule has 0 aliphatic heterocycles. The molecule has 0 saturated heterocycles. The zero-order valence-electron chi connectivity index (χ0n) is 9.89. The molecule has 0 bridgehead atoms. The van der Waals surface area contributed by atoms with Gasteiger partial charge in [0.2, 0.25) is 0 Å². The van der Waals surface area contributed by atoms with Crippen LogP contribution in [0.3, 0.4) is 0 Å². The van der Waals surface area contributed by atoms with E-state index >= 15 is 0 Å². The Kier molecular flexibility index (Phi) is 2.39. The van der Waals surface area contributed by atoms with Gasteiger partial charge in [0.15, 0.2) is 8.32 Å². The van der Waals surface area contributed by atoms with Crippen LogP contribution in [0.25, 0.3) is 0 Å². The van der Waals surface area contributed by atoms with E-state index in [1.807, 2.05) is 0 Å². The third-order valence-corrected chi connectivity index (χ3v) is 4.39. The molecule has 80 valence electrons. The molecule has 2 atom stereocenters. The van der Waals surface area contributed by atoms with Crippen molar-refractivity contribution in [2.24, 2.45) is 5.92 Å². The van der Waals surface area contributed by atoms with Crippen LogP contribution in [0.4, 0.5) is 0 Å². The van der Waals surface area contributed by atoms with Crippen molar-refractivity contribution in [2.75, 3.05) is 0 Å². The number of rotatable bonds is 2. The third kappa shape index (κ3) is 1.82. The van der Waals surface area contributed by atoms with Crippen LogP contribution in [0, 0.1) is 5.92 Å². The van der Waals surface area contributed by atoms with Crippen LogP contribution in [-0.4, -0.2) is 13.9 Å². The lowest BCUT2D eigenvalue weighted by Crippen LogP contribution is -2.35. The molecule has 2 heteroatoms. The van der Waals surface area contributed by atoms with Crippen molar-refractivity contribution >= 4 is 8.32 Å². The maximum absolute atomic E-state index is 6.40. The van der Waals surface area contributed by atoms with Crippen molar-refractivity contribution in [1.82, 2.24) is 0 Å². The van der Waals surface area contributed by atoms with Gasteiger partial charge in [-0.15, -0.1) is 0 Å². The number of hydrogen-bond donors (Lipinski definition) is 0. The molecular weight excluding hydrogens is 188 g/mol. The first kappa shape index (κ1) is 10.4. The van der Waals surface area contributed by atoms with Gasteiger partial charge in [-0.05, 0) is 63.7 Å². The molecule has 0 aromatic carbocycles. The molecule has 1 saturated carbocycles. The summed E-state index contributed by atoms with van der Waals surface area (Å²) >= 11 is 0. The highest BCUT2D eigenvalue weighted by molar-refractivity contribution is 6.69. The molecule has 2 unspecified atom stereocenters. The molecule has 0 heterocycles. The zero-order valence-corrected chi connectivity index (χ0v) is 10.9. The largest absolute Gasteiger partial charge is 0.408 e. The van der Waals surface area contributed by atoms with Gasteiger partial charge in [0.1, 0.15) is 0 Å². The maximum atomic E-state index is 6.40. The van der Waals surface area contributed by atoms with E-state index in [0.29, 0.717) is 0 Å². The van der Waals surface area contributed by atoms with Crippen LogP contribution in [0.1, 0.15) is 32.6 Å². The van der Waals surface area contributed by atoms with Gasteiger partial charge >= 0.3 is 0 Å². The number of fused-ring (bicyclic) bond motifs is 1. The highest BCUT2D eigenvalue weighted by atomic mass is 28.4. The Hall–Kier alpha value is -0.0831. The Bertz CT molecular complexity index is 264. The molecule has 0 radical (unpaired) electrons. The van der Waals surface area contributed by atoms with E-state index in [9.17, 15) is 0 Å². The lowest BCUT2D eigenvalue weighted by Gasteiger charge is -2.28. The van der Waals surface area contributed by atoms with E-state index in [1.165, 1.54) is 31.3 Å².